The number of hydrogen-bond donors (Lipinski definition) is 1. The average Bonchev–Trinajstić information content (AvgIpc) is 3.00. The van der Waals surface area contributed by atoms with Crippen molar-refractivity contribution >= 4 is 0 Å². The third-order valence-electron chi connectivity index (χ3n) is 4.35. The predicted molar refractivity (Wildman–Crippen MR) is 86.9 cm³/mol. The minimum atomic E-state index is -0.277. The van der Waals surface area contributed by atoms with E-state index in [9.17, 15) is 4.39 Å². The minimum absolute atomic E-state index is 0.205. The summed E-state index contributed by atoms with van der Waals surface area (Å²) in [4.78, 5) is 15.0. The predicted octanol–water partition coefficient (Wildman–Crippen LogP) is 1.58. The van der Waals surface area contributed by atoms with Gasteiger partial charge in [-0.2, -0.15) is 0 Å². The Morgan fingerprint density at radius 2 is 2.08 bits per heavy atom. The summed E-state index contributed by atoms with van der Waals surface area (Å²) in [7, 11) is 0. The van der Waals surface area contributed by atoms with Crippen molar-refractivity contribution in [2.45, 2.75) is 19.5 Å². The highest BCUT2D eigenvalue weighted by Gasteiger charge is 2.30. The Morgan fingerprint density at radius 1 is 1.25 bits per heavy atom. The molecule has 4 heterocycles. The van der Waals surface area contributed by atoms with Crippen LogP contribution in [-0.4, -0.2) is 44.5 Å². The fraction of sp³-hybridized carbons (Fsp3) is 0.353. The lowest BCUT2D eigenvalue weighted by Gasteiger charge is -2.35. The molecule has 1 fully saturated rings. The van der Waals surface area contributed by atoms with Crippen LogP contribution in [0.1, 0.15) is 23.1 Å². The molecule has 124 valence electrons. The third-order valence-corrected chi connectivity index (χ3v) is 4.35. The lowest BCUT2D eigenvalue weighted by atomic mass is 10.1. The summed E-state index contributed by atoms with van der Waals surface area (Å²) in [6, 6.07) is 2.85. The summed E-state index contributed by atoms with van der Waals surface area (Å²) in [5, 5.41) is 2.10. The summed E-state index contributed by atoms with van der Waals surface area (Å²) < 4.78 is 13.9. The van der Waals surface area contributed by atoms with Crippen LogP contribution in [0.5, 0.6) is 0 Å². The van der Waals surface area contributed by atoms with Gasteiger partial charge in [0.15, 0.2) is 0 Å². The van der Waals surface area contributed by atoms with Gasteiger partial charge in [-0.15, -0.1) is 0 Å². The summed E-state index contributed by atoms with van der Waals surface area (Å²) in [5.74, 6) is 0.506. The van der Waals surface area contributed by atoms with Gasteiger partial charge in [-0.25, -0.2) is 19.8 Å². The van der Waals surface area contributed by atoms with Gasteiger partial charge in [-0.1, -0.05) is 0 Å². The van der Waals surface area contributed by atoms with Gasteiger partial charge >= 0.3 is 0 Å². The van der Waals surface area contributed by atoms with Crippen LogP contribution >= 0.6 is 0 Å². The van der Waals surface area contributed by atoms with E-state index in [0.29, 0.717) is 5.69 Å². The zero-order valence-electron chi connectivity index (χ0n) is 13.5. The molecule has 4 rings (SSSR count). The normalized spacial score (nSPS) is 20.8. The van der Waals surface area contributed by atoms with Crippen molar-refractivity contribution in [3.63, 3.8) is 0 Å². The number of hydrogen-bond acceptors (Lipinski definition) is 6. The summed E-state index contributed by atoms with van der Waals surface area (Å²) in [6.07, 6.45) is 7.44. The first kappa shape index (κ1) is 15.2. The highest BCUT2D eigenvalue weighted by Crippen LogP contribution is 2.27. The molecule has 2 aliphatic rings. The van der Waals surface area contributed by atoms with Gasteiger partial charge in [0, 0.05) is 56.0 Å². The molecule has 0 amide bonds. The molecule has 0 radical (unpaired) electrons. The first-order valence-electron chi connectivity index (χ1n) is 8.04. The van der Waals surface area contributed by atoms with E-state index in [2.05, 4.69) is 36.4 Å². The number of nitrogens with zero attached hydrogens (tertiary/aromatic N) is 5. The van der Waals surface area contributed by atoms with Crippen molar-refractivity contribution in [1.29, 1.82) is 0 Å². The van der Waals surface area contributed by atoms with Gasteiger partial charge in [-0.3, -0.25) is 9.88 Å². The summed E-state index contributed by atoms with van der Waals surface area (Å²) >= 11 is 0. The van der Waals surface area contributed by atoms with Crippen molar-refractivity contribution in [2.75, 3.05) is 19.6 Å². The van der Waals surface area contributed by atoms with Crippen LogP contribution in [0, 0.1) is 12.7 Å². The molecule has 2 aromatic heterocycles. The maximum Gasteiger partial charge on any atom is 0.146 e. The summed E-state index contributed by atoms with van der Waals surface area (Å²) in [5.41, 5.74) is 6.03. The van der Waals surface area contributed by atoms with Gasteiger partial charge in [-0.05, 0) is 25.1 Å². The average molecular weight is 326 g/mol. The van der Waals surface area contributed by atoms with Crippen molar-refractivity contribution in [3.8, 4) is 0 Å². The molecule has 2 aliphatic heterocycles. The summed E-state index contributed by atoms with van der Waals surface area (Å²) in [6.45, 7) is 5.29. The van der Waals surface area contributed by atoms with Gasteiger partial charge in [0.25, 0.3) is 0 Å². The highest BCUT2D eigenvalue weighted by atomic mass is 19.1. The van der Waals surface area contributed by atoms with Crippen LogP contribution in [0.2, 0.25) is 0 Å². The van der Waals surface area contributed by atoms with E-state index in [4.69, 9.17) is 0 Å². The molecular weight excluding hydrogens is 307 g/mol. The minimum Gasteiger partial charge on any atom is -0.309 e. The van der Waals surface area contributed by atoms with Gasteiger partial charge < -0.3 is 5.01 Å². The van der Waals surface area contributed by atoms with Crippen LogP contribution in [0.3, 0.4) is 0 Å². The van der Waals surface area contributed by atoms with E-state index >= 15 is 0 Å². The third kappa shape index (κ3) is 3.00. The number of pyridine rings is 1. The second-order valence-electron chi connectivity index (χ2n) is 6.14. The van der Waals surface area contributed by atoms with Crippen LogP contribution in [0.15, 0.2) is 42.5 Å². The van der Waals surface area contributed by atoms with Crippen LogP contribution in [0.25, 0.3) is 0 Å². The smallest absolute Gasteiger partial charge is 0.146 e. The van der Waals surface area contributed by atoms with Crippen LogP contribution < -0.4 is 5.43 Å². The van der Waals surface area contributed by atoms with E-state index in [-0.39, 0.29) is 11.9 Å². The number of nitrogens with one attached hydrogen (secondary N) is 1. The molecule has 1 unspecified atom stereocenters. The Bertz CT molecular complexity index is 760. The number of rotatable bonds is 3. The van der Waals surface area contributed by atoms with E-state index < -0.39 is 0 Å². The van der Waals surface area contributed by atoms with E-state index in [0.717, 1.165) is 43.3 Å². The number of aryl methyl sites for hydroxylation is 1. The maximum atomic E-state index is 13.9. The Kier molecular flexibility index (Phi) is 3.95. The monoisotopic (exact) mass is 326 g/mol. The van der Waals surface area contributed by atoms with Gasteiger partial charge in [0.2, 0.25) is 0 Å². The zero-order chi connectivity index (χ0) is 16.5. The molecule has 1 N–H and O–H groups in total. The molecule has 24 heavy (non-hydrogen) atoms. The standard InChI is InChI=1S/C17H19FN6/c1-12-20-8-13(9-21-12)10-23-5-6-24-14(11-23)7-16(22-24)17-15(18)3-2-4-19-17/h2-4,7-9,16,22H,5-6,10-11H2,1H3. The molecule has 0 saturated carbocycles. The lowest BCUT2D eigenvalue weighted by Crippen LogP contribution is -2.47. The molecule has 7 heteroatoms. The quantitative estimate of drug-likeness (QED) is 0.924. The van der Waals surface area contributed by atoms with Crippen molar-refractivity contribution < 1.29 is 4.39 Å². The second kappa shape index (κ2) is 6.26. The SMILES string of the molecule is Cc1ncc(CN2CCN3NC(c4ncccc4F)C=C3C2)cn1. The molecule has 0 spiro atoms. The molecule has 2 aromatic rings. The molecular formula is C17H19FN6. The number of hydrazine groups is 1. The van der Waals surface area contributed by atoms with Crippen molar-refractivity contribution in [1.82, 2.24) is 30.3 Å². The molecule has 1 saturated heterocycles. The van der Waals surface area contributed by atoms with Crippen molar-refractivity contribution in [2.24, 2.45) is 0 Å². The number of aromatic nitrogens is 3. The highest BCUT2D eigenvalue weighted by molar-refractivity contribution is 5.24. The van der Waals surface area contributed by atoms with Crippen molar-refractivity contribution in [3.05, 3.63) is 65.4 Å². The van der Waals surface area contributed by atoms with Gasteiger partial charge in [0.1, 0.15) is 11.6 Å². The maximum absolute atomic E-state index is 13.9. The second-order valence-corrected chi connectivity index (χ2v) is 6.14. The Morgan fingerprint density at radius 3 is 2.88 bits per heavy atom. The van der Waals surface area contributed by atoms with E-state index in [1.54, 1.807) is 12.3 Å². The molecule has 1 atom stereocenters. The number of fused-ring (bicyclic) bond motifs is 1. The number of halogens is 1. The molecule has 6 nitrogen and oxygen atoms in total. The molecule has 0 aromatic carbocycles. The number of piperazine rings is 1. The van der Waals surface area contributed by atoms with Crippen LogP contribution in [0.4, 0.5) is 4.39 Å². The Balaban J connectivity index is 1.46. The largest absolute Gasteiger partial charge is 0.309 e. The van der Waals surface area contributed by atoms with E-state index in [1.807, 2.05) is 19.3 Å². The first-order chi connectivity index (χ1) is 11.7. The molecule has 0 bridgehead atoms. The fourth-order valence-corrected chi connectivity index (χ4v) is 3.13. The van der Waals surface area contributed by atoms with Gasteiger partial charge in [0.05, 0.1) is 11.7 Å². The lowest BCUT2D eigenvalue weighted by molar-refractivity contribution is 0.138. The Labute approximate surface area is 140 Å². The topological polar surface area (TPSA) is 57.2 Å². The first-order valence-corrected chi connectivity index (χ1v) is 8.04. The fourth-order valence-electron chi connectivity index (χ4n) is 3.13. The zero-order valence-corrected chi connectivity index (χ0v) is 13.5. The van der Waals surface area contributed by atoms with E-state index in [1.165, 1.54) is 6.07 Å². The Hall–Kier alpha value is -2.38. The molecule has 0 aliphatic carbocycles. The van der Waals surface area contributed by atoms with Crippen LogP contribution in [-0.2, 0) is 6.54 Å².